The van der Waals surface area contributed by atoms with E-state index in [0.29, 0.717) is 4.47 Å². The van der Waals surface area contributed by atoms with E-state index >= 15 is 0 Å². The zero-order valence-corrected chi connectivity index (χ0v) is 16.0. The van der Waals surface area contributed by atoms with E-state index < -0.39 is 15.8 Å². The Kier molecular flexibility index (Phi) is 5.31. The van der Waals surface area contributed by atoms with Crippen LogP contribution in [0.3, 0.4) is 0 Å². The van der Waals surface area contributed by atoms with E-state index in [1.54, 1.807) is 6.07 Å². The lowest BCUT2D eigenvalue weighted by Crippen LogP contribution is -2.50. The molecule has 3 rings (SSSR count). The maximum atomic E-state index is 13.0. The van der Waals surface area contributed by atoms with Crippen LogP contribution in [0.2, 0.25) is 0 Å². The molecule has 0 unspecified atom stereocenters. The molecule has 1 fully saturated rings. The Morgan fingerprint density at radius 2 is 1.65 bits per heavy atom. The molecule has 0 aromatic heterocycles. The van der Waals surface area contributed by atoms with Crippen LogP contribution in [0.1, 0.15) is 10.4 Å². The van der Waals surface area contributed by atoms with Crippen LogP contribution in [-0.2, 0) is 10.0 Å². The molecule has 1 saturated heterocycles. The van der Waals surface area contributed by atoms with Gasteiger partial charge in [0.25, 0.3) is 5.91 Å². The Labute approximate surface area is 159 Å². The summed E-state index contributed by atoms with van der Waals surface area (Å²) >= 11 is 3.26. The Morgan fingerprint density at radius 1 is 1.04 bits per heavy atom. The Bertz CT molecular complexity index is 926. The molecule has 0 radical (unpaired) electrons. The first kappa shape index (κ1) is 18.8. The van der Waals surface area contributed by atoms with Crippen LogP contribution in [-0.4, -0.2) is 54.8 Å². The molecule has 1 N–H and O–H groups in total. The van der Waals surface area contributed by atoms with Gasteiger partial charge in [-0.1, -0.05) is 15.9 Å². The van der Waals surface area contributed by atoms with Crippen molar-refractivity contribution in [1.29, 1.82) is 0 Å². The highest BCUT2D eigenvalue weighted by molar-refractivity contribution is 9.10. The summed E-state index contributed by atoms with van der Waals surface area (Å²) in [5, 5.41) is 9.88. The van der Waals surface area contributed by atoms with Gasteiger partial charge in [-0.15, -0.1) is 0 Å². The van der Waals surface area contributed by atoms with E-state index in [4.69, 9.17) is 0 Å². The monoisotopic (exact) mass is 442 g/mol. The number of sulfonamides is 1. The van der Waals surface area contributed by atoms with Gasteiger partial charge in [0.2, 0.25) is 10.0 Å². The fraction of sp³-hybridized carbons (Fsp3) is 0.235. The highest BCUT2D eigenvalue weighted by Gasteiger charge is 2.31. The second kappa shape index (κ2) is 7.34. The first-order valence-corrected chi connectivity index (χ1v) is 10.1. The van der Waals surface area contributed by atoms with Crippen molar-refractivity contribution in [3.05, 3.63) is 58.3 Å². The Morgan fingerprint density at radius 3 is 2.27 bits per heavy atom. The number of carbonyl (C=O) groups excluding carboxylic acids is 1. The summed E-state index contributed by atoms with van der Waals surface area (Å²) in [4.78, 5) is 14.1. The molecule has 1 heterocycles. The van der Waals surface area contributed by atoms with Crippen molar-refractivity contribution < 1.29 is 22.7 Å². The van der Waals surface area contributed by atoms with E-state index in [9.17, 15) is 22.7 Å². The first-order valence-electron chi connectivity index (χ1n) is 7.82. The zero-order chi connectivity index (χ0) is 18.9. The summed E-state index contributed by atoms with van der Waals surface area (Å²) in [6.45, 7) is 0.650. The molecule has 0 spiro atoms. The van der Waals surface area contributed by atoms with E-state index in [-0.39, 0.29) is 48.3 Å². The molecule has 1 amide bonds. The van der Waals surface area contributed by atoms with Crippen molar-refractivity contribution in [3.63, 3.8) is 0 Å². The van der Waals surface area contributed by atoms with E-state index in [1.807, 2.05) is 0 Å². The van der Waals surface area contributed by atoms with Crippen molar-refractivity contribution in [2.75, 3.05) is 26.2 Å². The molecule has 9 heteroatoms. The number of phenols is 1. The van der Waals surface area contributed by atoms with E-state index in [0.717, 1.165) is 12.1 Å². The molecule has 0 saturated carbocycles. The van der Waals surface area contributed by atoms with Crippen LogP contribution in [0.25, 0.3) is 0 Å². The van der Waals surface area contributed by atoms with Gasteiger partial charge in [-0.05, 0) is 42.5 Å². The third-order valence-electron chi connectivity index (χ3n) is 4.17. The molecule has 1 aliphatic rings. The second-order valence-corrected chi connectivity index (χ2v) is 8.67. The summed E-state index contributed by atoms with van der Waals surface area (Å²) in [6, 6.07) is 9.22. The number of carbonyl (C=O) groups is 1. The maximum absolute atomic E-state index is 13.0. The highest BCUT2D eigenvalue weighted by Crippen LogP contribution is 2.24. The fourth-order valence-electron chi connectivity index (χ4n) is 2.74. The third kappa shape index (κ3) is 3.74. The number of halogens is 2. The van der Waals surface area contributed by atoms with Crippen LogP contribution in [0.4, 0.5) is 4.39 Å². The molecule has 0 bridgehead atoms. The molecule has 0 atom stereocenters. The summed E-state index contributed by atoms with van der Waals surface area (Å²) in [5.41, 5.74) is 0.161. The van der Waals surface area contributed by atoms with Crippen molar-refractivity contribution in [1.82, 2.24) is 9.21 Å². The van der Waals surface area contributed by atoms with Gasteiger partial charge in [-0.3, -0.25) is 4.79 Å². The number of nitrogens with zero attached hydrogens (tertiary/aromatic N) is 2. The Balaban J connectivity index is 1.71. The first-order chi connectivity index (χ1) is 12.3. The minimum Gasteiger partial charge on any atom is -0.507 e. The zero-order valence-electron chi connectivity index (χ0n) is 13.6. The summed E-state index contributed by atoms with van der Waals surface area (Å²) in [6.07, 6.45) is 0. The van der Waals surface area contributed by atoms with Crippen LogP contribution in [0, 0.1) is 5.82 Å². The summed E-state index contributed by atoms with van der Waals surface area (Å²) < 4.78 is 40.1. The second-order valence-electron chi connectivity index (χ2n) is 5.81. The predicted octanol–water partition coefficient (Wildman–Crippen LogP) is 2.44. The highest BCUT2D eigenvalue weighted by atomic mass is 79.9. The number of hydrogen-bond donors (Lipinski definition) is 1. The van der Waals surface area contributed by atoms with Crippen molar-refractivity contribution in [2.45, 2.75) is 4.90 Å². The average molecular weight is 443 g/mol. The van der Waals surface area contributed by atoms with Gasteiger partial charge in [0.15, 0.2) is 0 Å². The number of benzene rings is 2. The maximum Gasteiger partial charge on any atom is 0.257 e. The molecular weight excluding hydrogens is 427 g/mol. The third-order valence-corrected chi connectivity index (χ3v) is 6.57. The van der Waals surface area contributed by atoms with Crippen LogP contribution in [0.5, 0.6) is 5.75 Å². The number of hydrogen-bond acceptors (Lipinski definition) is 4. The lowest BCUT2D eigenvalue weighted by molar-refractivity contribution is 0.0694. The van der Waals surface area contributed by atoms with Gasteiger partial charge in [0.05, 0.1) is 10.5 Å². The van der Waals surface area contributed by atoms with E-state index in [2.05, 4.69) is 15.9 Å². The molecule has 26 heavy (non-hydrogen) atoms. The lowest BCUT2D eigenvalue weighted by atomic mass is 10.1. The van der Waals surface area contributed by atoms with Crippen molar-refractivity contribution >= 4 is 31.9 Å². The van der Waals surface area contributed by atoms with E-state index in [1.165, 1.54) is 33.5 Å². The molecule has 6 nitrogen and oxygen atoms in total. The molecule has 138 valence electrons. The van der Waals surface area contributed by atoms with Crippen molar-refractivity contribution in [2.24, 2.45) is 0 Å². The summed E-state index contributed by atoms with van der Waals surface area (Å²) in [7, 11) is -3.74. The number of piperazine rings is 1. The number of rotatable bonds is 3. The molecule has 2 aromatic carbocycles. The van der Waals surface area contributed by atoms with Gasteiger partial charge >= 0.3 is 0 Å². The smallest absolute Gasteiger partial charge is 0.257 e. The predicted molar refractivity (Wildman–Crippen MR) is 96.9 cm³/mol. The van der Waals surface area contributed by atoms with Gasteiger partial charge in [-0.2, -0.15) is 4.31 Å². The molecule has 2 aromatic rings. The van der Waals surface area contributed by atoms with Crippen LogP contribution < -0.4 is 0 Å². The fourth-order valence-corrected chi connectivity index (χ4v) is 4.52. The van der Waals surface area contributed by atoms with Gasteiger partial charge < -0.3 is 10.0 Å². The van der Waals surface area contributed by atoms with Crippen molar-refractivity contribution in [3.8, 4) is 5.75 Å². The Hall–Kier alpha value is -1.97. The number of phenolic OH excluding ortho intramolecular Hbond substituents is 1. The average Bonchev–Trinajstić information content (AvgIpc) is 2.63. The van der Waals surface area contributed by atoms with Gasteiger partial charge in [0.1, 0.15) is 11.6 Å². The SMILES string of the molecule is O=C(c1cc(Br)ccc1O)N1CCN(S(=O)(=O)c2ccc(F)cc2)CC1. The largest absolute Gasteiger partial charge is 0.507 e. The number of amides is 1. The summed E-state index contributed by atoms with van der Waals surface area (Å²) in [5.74, 6) is -0.990. The van der Waals surface area contributed by atoms with Gasteiger partial charge in [0, 0.05) is 30.7 Å². The normalized spacial score (nSPS) is 15.8. The molecule has 0 aliphatic carbocycles. The van der Waals surface area contributed by atoms with Crippen LogP contribution in [0.15, 0.2) is 51.8 Å². The minimum atomic E-state index is -3.74. The quantitative estimate of drug-likeness (QED) is 0.791. The standard InChI is InChI=1S/C17H16BrFN2O4S/c18-12-1-6-16(22)15(11-12)17(23)20-7-9-21(10-8-20)26(24,25)14-4-2-13(19)3-5-14/h1-6,11,22H,7-10H2. The minimum absolute atomic E-state index is 0.0170. The molecular formula is C17H16BrFN2O4S. The molecule has 1 aliphatic heterocycles. The lowest BCUT2D eigenvalue weighted by Gasteiger charge is -2.34. The van der Waals surface area contributed by atoms with Gasteiger partial charge in [-0.25, -0.2) is 12.8 Å². The topological polar surface area (TPSA) is 77.9 Å². The number of aromatic hydroxyl groups is 1. The van der Waals surface area contributed by atoms with Crippen LogP contribution >= 0.6 is 15.9 Å².